The molecule has 0 spiro atoms. The number of rotatable bonds is 7. The molecule has 9 nitrogen and oxygen atoms in total. The van der Waals surface area contributed by atoms with E-state index >= 15 is 0 Å². The van der Waals surface area contributed by atoms with E-state index in [4.69, 9.17) is 4.74 Å². The Hall–Kier alpha value is -4.11. The van der Waals surface area contributed by atoms with Crippen molar-refractivity contribution < 1.29 is 14.3 Å². The Balaban J connectivity index is 1.22. The number of hydrogen-bond donors (Lipinski definition) is 1. The maximum atomic E-state index is 13.0. The molecule has 0 saturated carbocycles. The van der Waals surface area contributed by atoms with Crippen LogP contribution in [0.4, 0.5) is 5.82 Å². The summed E-state index contributed by atoms with van der Waals surface area (Å²) in [5.41, 5.74) is 3.91. The quantitative estimate of drug-likeness (QED) is 0.428. The van der Waals surface area contributed by atoms with Gasteiger partial charge in [-0.15, -0.1) is 0 Å². The first-order valence-corrected chi connectivity index (χ1v) is 12.0. The molecule has 4 heterocycles. The molecule has 184 valence electrons. The van der Waals surface area contributed by atoms with E-state index in [2.05, 4.69) is 20.3 Å². The van der Waals surface area contributed by atoms with E-state index in [0.29, 0.717) is 18.1 Å². The van der Waals surface area contributed by atoms with Crippen molar-refractivity contribution in [1.82, 2.24) is 24.4 Å². The number of para-hydroxylation sites is 2. The van der Waals surface area contributed by atoms with Gasteiger partial charge in [0, 0.05) is 19.8 Å². The Kier molecular flexibility index (Phi) is 6.73. The Bertz CT molecular complexity index is 1400. The molecule has 36 heavy (non-hydrogen) atoms. The number of fused-ring (bicyclic) bond motifs is 1. The number of ether oxygens (including phenoxy) is 1. The molecule has 0 radical (unpaired) electrons. The minimum Gasteiger partial charge on any atom is -0.364 e. The molecule has 1 saturated heterocycles. The van der Waals surface area contributed by atoms with E-state index in [-0.39, 0.29) is 36.8 Å². The fraction of sp³-hybridized carbons (Fsp3) is 0.296. The van der Waals surface area contributed by atoms with Gasteiger partial charge in [0.2, 0.25) is 5.91 Å². The first-order valence-electron chi connectivity index (χ1n) is 12.0. The SMILES string of the molecule is Cc1ccc(NC(=O)c2cccc([C@H]3CCCN3C(=O)COCc3nc4ccccc4n3C)n2)nc1. The Morgan fingerprint density at radius 3 is 2.75 bits per heavy atom. The van der Waals surface area contributed by atoms with Gasteiger partial charge in [0.05, 0.1) is 22.8 Å². The third kappa shape index (κ3) is 4.96. The fourth-order valence-electron chi connectivity index (χ4n) is 4.50. The number of hydrogen-bond acceptors (Lipinski definition) is 6. The fourth-order valence-corrected chi connectivity index (χ4v) is 4.50. The van der Waals surface area contributed by atoms with Crippen LogP contribution in [0.15, 0.2) is 60.8 Å². The summed E-state index contributed by atoms with van der Waals surface area (Å²) >= 11 is 0. The van der Waals surface area contributed by atoms with Crippen molar-refractivity contribution in [3.63, 3.8) is 0 Å². The number of pyridine rings is 2. The summed E-state index contributed by atoms with van der Waals surface area (Å²) in [5.74, 6) is 0.797. The average molecular weight is 485 g/mol. The third-order valence-corrected chi connectivity index (χ3v) is 6.41. The van der Waals surface area contributed by atoms with Crippen LogP contribution >= 0.6 is 0 Å². The molecule has 4 aromatic rings. The minimum absolute atomic E-state index is 0.0427. The van der Waals surface area contributed by atoms with Gasteiger partial charge >= 0.3 is 0 Å². The number of carbonyl (C=O) groups is 2. The van der Waals surface area contributed by atoms with Crippen molar-refractivity contribution in [1.29, 1.82) is 0 Å². The molecule has 1 aromatic carbocycles. The number of benzene rings is 1. The normalized spacial score (nSPS) is 15.4. The highest BCUT2D eigenvalue weighted by molar-refractivity contribution is 6.02. The number of amides is 2. The summed E-state index contributed by atoms with van der Waals surface area (Å²) < 4.78 is 7.74. The number of imidazole rings is 1. The van der Waals surface area contributed by atoms with Gasteiger partial charge in [-0.1, -0.05) is 24.3 Å². The van der Waals surface area contributed by atoms with Crippen molar-refractivity contribution in [2.75, 3.05) is 18.5 Å². The molecule has 0 aliphatic carbocycles. The number of nitrogens with one attached hydrogen (secondary N) is 1. The van der Waals surface area contributed by atoms with E-state index in [9.17, 15) is 9.59 Å². The van der Waals surface area contributed by atoms with E-state index in [1.54, 1.807) is 29.3 Å². The van der Waals surface area contributed by atoms with E-state index in [0.717, 1.165) is 35.3 Å². The van der Waals surface area contributed by atoms with Crippen molar-refractivity contribution in [3.8, 4) is 0 Å². The molecule has 1 aliphatic heterocycles. The van der Waals surface area contributed by atoms with Crippen LogP contribution < -0.4 is 5.32 Å². The van der Waals surface area contributed by atoms with Crippen LogP contribution in [-0.2, 0) is 23.2 Å². The van der Waals surface area contributed by atoms with Crippen LogP contribution in [0.2, 0.25) is 0 Å². The molecule has 9 heteroatoms. The van der Waals surface area contributed by atoms with Gasteiger partial charge in [0.1, 0.15) is 30.5 Å². The van der Waals surface area contributed by atoms with Gasteiger partial charge in [0.15, 0.2) is 0 Å². The molecule has 0 unspecified atom stereocenters. The van der Waals surface area contributed by atoms with Gasteiger partial charge in [-0.2, -0.15) is 0 Å². The van der Waals surface area contributed by atoms with Crippen molar-refractivity contribution >= 4 is 28.7 Å². The Morgan fingerprint density at radius 2 is 1.94 bits per heavy atom. The molecule has 3 aromatic heterocycles. The Labute approximate surface area is 209 Å². The number of aryl methyl sites for hydroxylation is 2. The molecule has 5 rings (SSSR count). The molecule has 1 N–H and O–H groups in total. The standard InChI is InChI=1S/C27H28N6O3/c1-18-12-13-24(28-15-18)31-27(35)21-9-5-8-20(29-21)23-11-6-14-33(23)26(34)17-36-16-25-30-19-7-3-4-10-22(19)32(25)2/h3-5,7-10,12-13,15,23H,6,11,14,16-17H2,1-2H3,(H,28,31,35)/t23-/m1/s1. The first kappa shape index (κ1) is 23.6. The first-order chi connectivity index (χ1) is 17.5. The van der Waals surface area contributed by atoms with Gasteiger partial charge in [-0.05, 0) is 55.7 Å². The van der Waals surface area contributed by atoms with Crippen LogP contribution in [0, 0.1) is 6.92 Å². The summed E-state index contributed by atoms with van der Waals surface area (Å²) in [5, 5.41) is 2.77. The summed E-state index contributed by atoms with van der Waals surface area (Å²) in [4.78, 5) is 40.9. The summed E-state index contributed by atoms with van der Waals surface area (Å²) in [6, 6.07) is 16.6. The minimum atomic E-state index is -0.338. The monoisotopic (exact) mass is 484 g/mol. The summed E-state index contributed by atoms with van der Waals surface area (Å²) in [6.45, 7) is 2.77. The number of likely N-dealkylation sites (tertiary alicyclic amines) is 1. The average Bonchev–Trinajstić information content (AvgIpc) is 3.51. The number of carbonyl (C=O) groups excluding carboxylic acids is 2. The lowest BCUT2D eigenvalue weighted by Crippen LogP contribution is -2.34. The van der Waals surface area contributed by atoms with Gasteiger partial charge in [0.25, 0.3) is 5.91 Å². The maximum absolute atomic E-state index is 13.0. The van der Waals surface area contributed by atoms with Crippen LogP contribution in [-0.4, -0.2) is 49.4 Å². The molecule has 1 aliphatic rings. The lowest BCUT2D eigenvalue weighted by molar-refractivity contribution is -0.137. The predicted molar refractivity (Wildman–Crippen MR) is 135 cm³/mol. The molecular formula is C27H28N6O3. The van der Waals surface area contributed by atoms with E-state index < -0.39 is 0 Å². The van der Waals surface area contributed by atoms with Crippen molar-refractivity contribution in [2.24, 2.45) is 7.05 Å². The second-order valence-corrected chi connectivity index (χ2v) is 8.94. The third-order valence-electron chi connectivity index (χ3n) is 6.41. The lowest BCUT2D eigenvalue weighted by atomic mass is 10.1. The zero-order valence-corrected chi connectivity index (χ0v) is 20.3. The van der Waals surface area contributed by atoms with Crippen LogP contribution in [0.5, 0.6) is 0 Å². The zero-order valence-electron chi connectivity index (χ0n) is 20.3. The molecule has 2 amide bonds. The highest BCUT2D eigenvalue weighted by Crippen LogP contribution is 2.31. The van der Waals surface area contributed by atoms with Crippen LogP contribution in [0.1, 0.15) is 46.5 Å². The second-order valence-electron chi connectivity index (χ2n) is 8.94. The number of aromatic nitrogens is 4. The number of nitrogens with zero attached hydrogens (tertiary/aromatic N) is 5. The van der Waals surface area contributed by atoms with Crippen LogP contribution in [0.25, 0.3) is 11.0 Å². The van der Waals surface area contributed by atoms with E-state index in [1.165, 1.54) is 0 Å². The lowest BCUT2D eigenvalue weighted by Gasteiger charge is -2.24. The van der Waals surface area contributed by atoms with Gasteiger partial charge in [-0.3, -0.25) is 9.59 Å². The zero-order chi connectivity index (χ0) is 25.1. The summed E-state index contributed by atoms with van der Waals surface area (Å²) in [6.07, 6.45) is 3.35. The topological polar surface area (TPSA) is 102 Å². The van der Waals surface area contributed by atoms with Gasteiger partial charge in [-0.25, -0.2) is 15.0 Å². The highest BCUT2D eigenvalue weighted by Gasteiger charge is 2.31. The van der Waals surface area contributed by atoms with E-state index in [1.807, 2.05) is 54.9 Å². The second kappa shape index (κ2) is 10.2. The molecule has 1 fully saturated rings. The Morgan fingerprint density at radius 1 is 1.08 bits per heavy atom. The number of anilines is 1. The largest absolute Gasteiger partial charge is 0.364 e. The molecular weight excluding hydrogens is 456 g/mol. The highest BCUT2D eigenvalue weighted by atomic mass is 16.5. The molecule has 1 atom stereocenters. The van der Waals surface area contributed by atoms with Crippen molar-refractivity contribution in [3.05, 3.63) is 83.6 Å². The van der Waals surface area contributed by atoms with Gasteiger partial charge < -0.3 is 19.5 Å². The predicted octanol–water partition coefficient (Wildman–Crippen LogP) is 3.80. The summed E-state index contributed by atoms with van der Waals surface area (Å²) in [7, 11) is 1.94. The van der Waals surface area contributed by atoms with Crippen molar-refractivity contribution in [2.45, 2.75) is 32.4 Å². The molecule has 0 bridgehead atoms. The smallest absolute Gasteiger partial charge is 0.275 e. The van der Waals surface area contributed by atoms with Crippen LogP contribution in [0.3, 0.4) is 0 Å². The maximum Gasteiger partial charge on any atom is 0.275 e.